The van der Waals surface area contributed by atoms with E-state index >= 15 is 0 Å². The van der Waals surface area contributed by atoms with Crippen LogP contribution in [0.3, 0.4) is 0 Å². The van der Waals surface area contributed by atoms with Crippen molar-refractivity contribution in [2.75, 3.05) is 24.8 Å². The Morgan fingerprint density at radius 2 is 2.00 bits per heavy atom. The molecule has 0 bridgehead atoms. The maximum atomic E-state index is 13.8. The summed E-state index contributed by atoms with van der Waals surface area (Å²) < 4.78 is 19.7. The molecule has 2 N–H and O–H groups in total. The molecule has 0 aliphatic heterocycles. The predicted molar refractivity (Wildman–Crippen MR) is 75.5 cm³/mol. The summed E-state index contributed by atoms with van der Waals surface area (Å²) in [4.78, 5) is 8.07. The number of halogens is 2. The molecule has 7 heteroatoms. The van der Waals surface area contributed by atoms with Crippen LogP contribution in [0.4, 0.5) is 21.7 Å². The lowest BCUT2D eigenvalue weighted by molar-refractivity contribution is 0.415. The zero-order valence-corrected chi connectivity index (χ0v) is 12.0. The maximum absolute atomic E-state index is 13.8. The Labute approximate surface area is 118 Å². The number of methoxy groups -OCH3 is 1. The van der Waals surface area contributed by atoms with Crippen molar-refractivity contribution < 1.29 is 9.13 Å². The average molecular weight is 327 g/mol. The van der Waals surface area contributed by atoms with Crippen molar-refractivity contribution in [3.8, 4) is 5.75 Å². The molecule has 0 saturated carbocycles. The molecule has 0 radical (unpaired) electrons. The molecule has 0 atom stereocenters. The number of rotatable bonds is 4. The van der Waals surface area contributed by atoms with Crippen molar-refractivity contribution in [2.24, 2.45) is 0 Å². The van der Waals surface area contributed by atoms with E-state index in [2.05, 4.69) is 36.5 Å². The van der Waals surface area contributed by atoms with Gasteiger partial charge in [-0.1, -0.05) is 15.9 Å². The summed E-state index contributed by atoms with van der Waals surface area (Å²) in [5.41, 5.74) is 0.308. The fourth-order valence-electron chi connectivity index (χ4n) is 1.55. The van der Waals surface area contributed by atoms with Crippen molar-refractivity contribution in [3.05, 3.63) is 34.8 Å². The maximum Gasteiger partial charge on any atom is 0.204 e. The van der Waals surface area contributed by atoms with Gasteiger partial charge in [0, 0.05) is 11.5 Å². The Kier molecular flexibility index (Phi) is 4.16. The molecule has 2 rings (SSSR count). The summed E-state index contributed by atoms with van der Waals surface area (Å²) in [5, 5.41) is 5.76. The summed E-state index contributed by atoms with van der Waals surface area (Å²) in [6, 6.07) is 4.72. The Morgan fingerprint density at radius 3 is 2.63 bits per heavy atom. The highest BCUT2D eigenvalue weighted by atomic mass is 79.9. The molecular weight excluding hydrogens is 315 g/mol. The molecule has 0 unspecified atom stereocenters. The topological polar surface area (TPSA) is 59.1 Å². The first kappa shape index (κ1) is 13.5. The Balaban J connectivity index is 2.37. The van der Waals surface area contributed by atoms with Gasteiger partial charge in [0.15, 0.2) is 11.6 Å². The number of aromatic nitrogens is 2. The second-order valence-electron chi connectivity index (χ2n) is 3.60. The number of hydrogen-bond donors (Lipinski definition) is 2. The van der Waals surface area contributed by atoms with Gasteiger partial charge in [0.25, 0.3) is 0 Å². The minimum absolute atomic E-state index is 0.308. The molecule has 0 amide bonds. The van der Waals surface area contributed by atoms with Crippen LogP contribution in [0.1, 0.15) is 0 Å². The molecular formula is C12H12BrFN4O. The molecule has 0 fully saturated rings. The highest BCUT2D eigenvalue weighted by Gasteiger charge is 2.12. The highest BCUT2D eigenvalue weighted by Crippen LogP contribution is 2.32. The van der Waals surface area contributed by atoms with E-state index in [4.69, 9.17) is 4.74 Å². The molecule has 0 aliphatic rings. The van der Waals surface area contributed by atoms with Gasteiger partial charge in [0.2, 0.25) is 5.75 Å². The number of hydrogen-bond acceptors (Lipinski definition) is 5. The van der Waals surface area contributed by atoms with Crippen molar-refractivity contribution in [1.82, 2.24) is 9.97 Å². The van der Waals surface area contributed by atoms with E-state index in [-0.39, 0.29) is 5.82 Å². The third kappa shape index (κ3) is 2.93. The van der Waals surface area contributed by atoms with Gasteiger partial charge in [-0.25, -0.2) is 14.4 Å². The van der Waals surface area contributed by atoms with Crippen molar-refractivity contribution in [2.45, 2.75) is 0 Å². The largest absolute Gasteiger partial charge is 0.490 e. The van der Waals surface area contributed by atoms with Crippen LogP contribution in [0.15, 0.2) is 29.0 Å². The third-order valence-electron chi connectivity index (χ3n) is 2.43. The van der Waals surface area contributed by atoms with Crippen LogP contribution >= 0.6 is 15.9 Å². The van der Waals surface area contributed by atoms with Gasteiger partial charge >= 0.3 is 0 Å². The Bertz CT molecular complexity index is 594. The zero-order valence-electron chi connectivity index (χ0n) is 10.4. The molecule has 5 nitrogen and oxygen atoms in total. The predicted octanol–water partition coefficient (Wildman–Crippen LogP) is 3.17. The van der Waals surface area contributed by atoms with E-state index in [0.29, 0.717) is 27.5 Å². The first-order valence-corrected chi connectivity index (χ1v) is 6.23. The number of nitrogens with one attached hydrogen (secondary N) is 2. The van der Waals surface area contributed by atoms with Crippen LogP contribution in [-0.2, 0) is 0 Å². The first-order valence-electron chi connectivity index (χ1n) is 5.44. The number of ether oxygens (including phenoxy) is 1. The molecule has 19 heavy (non-hydrogen) atoms. The summed E-state index contributed by atoms with van der Waals surface area (Å²) in [5.74, 6) is 0.953. The van der Waals surface area contributed by atoms with Crippen LogP contribution in [-0.4, -0.2) is 24.1 Å². The first-order chi connectivity index (χ1) is 9.15. The molecule has 0 saturated heterocycles. The molecule has 1 heterocycles. The van der Waals surface area contributed by atoms with Crippen LogP contribution in [0.5, 0.6) is 5.75 Å². The van der Waals surface area contributed by atoms with Crippen molar-refractivity contribution in [1.29, 1.82) is 0 Å². The smallest absolute Gasteiger partial charge is 0.204 e. The van der Waals surface area contributed by atoms with Crippen LogP contribution in [0, 0.1) is 5.82 Å². The summed E-state index contributed by atoms with van der Waals surface area (Å²) in [7, 11) is 3.22. The molecule has 1 aromatic carbocycles. The summed E-state index contributed by atoms with van der Waals surface area (Å²) in [6.07, 6.45) is 1.37. The van der Waals surface area contributed by atoms with Gasteiger partial charge in [0.1, 0.15) is 12.1 Å². The third-order valence-corrected chi connectivity index (χ3v) is 2.92. The molecule has 0 spiro atoms. The molecule has 100 valence electrons. The van der Waals surface area contributed by atoms with E-state index in [1.807, 2.05) is 0 Å². The van der Waals surface area contributed by atoms with Gasteiger partial charge in [-0.3, -0.25) is 0 Å². The Hall–Kier alpha value is -1.89. The van der Waals surface area contributed by atoms with E-state index in [9.17, 15) is 4.39 Å². The van der Waals surface area contributed by atoms with Gasteiger partial charge in [-0.05, 0) is 18.2 Å². The van der Waals surface area contributed by atoms with E-state index < -0.39 is 0 Å². The van der Waals surface area contributed by atoms with Crippen LogP contribution in [0.25, 0.3) is 0 Å². The van der Waals surface area contributed by atoms with E-state index in [1.54, 1.807) is 19.2 Å². The fourth-order valence-corrected chi connectivity index (χ4v) is 1.89. The van der Waals surface area contributed by atoms with Gasteiger partial charge in [-0.2, -0.15) is 0 Å². The van der Waals surface area contributed by atoms with E-state index in [1.165, 1.54) is 19.5 Å². The lowest BCUT2D eigenvalue weighted by Gasteiger charge is -2.13. The van der Waals surface area contributed by atoms with E-state index in [0.717, 1.165) is 0 Å². The van der Waals surface area contributed by atoms with Crippen molar-refractivity contribution in [3.63, 3.8) is 0 Å². The van der Waals surface area contributed by atoms with Crippen molar-refractivity contribution >= 4 is 33.3 Å². The van der Waals surface area contributed by atoms with Crippen LogP contribution in [0.2, 0.25) is 0 Å². The number of anilines is 3. The van der Waals surface area contributed by atoms with Gasteiger partial charge in [-0.15, -0.1) is 0 Å². The van der Waals surface area contributed by atoms with Crippen LogP contribution < -0.4 is 15.4 Å². The monoisotopic (exact) mass is 326 g/mol. The zero-order chi connectivity index (χ0) is 13.8. The fraction of sp³-hybridized carbons (Fsp3) is 0.167. The second kappa shape index (κ2) is 5.83. The molecule has 2 aromatic rings. The summed E-state index contributed by atoms with van der Waals surface area (Å²) >= 11 is 3.20. The van der Waals surface area contributed by atoms with Gasteiger partial charge in [0.05, 0.1) is 12.8 Å². The lowest BCUT2D eigenvalue weighted by Crippen LogP contribution is -2.04. The average Bonchev–Trinajstić information content (AvgIpc) is 2.41. The minimum Gasteiger partial charge on any atom is -0.490 e. The minimum atomic E-state index is -0.388. The molecule has 0 aliphatic carbocycles. The second-order valence-corrected chi connectivity index (χ2v) is 4.52. The number of benzene rings is 1. The standard InChI is InChI=1S/C12H12BrFN4O/c1-15-11-10(19-2)12(17-6-16-11)18-9-4-3-7(13)5-8(9)14/h3-6H,1-2H3,(H2,15,16,17,18). The normalized spacial score (nSPS) is 10.1. The highest BCUT2D eigenvalue weighted by molar-refractivity contribution is 9.10. The van der Waals surface area contributed by atoms with Gasteiger partial charge < -0.3 is 15.4 Å². The lowest BCUT2D eigenvalue weighted by atomic mass is 10.3. The molecule has 1 aromatic heterocycles. The quantitative estimate of drug-likeness (QED) is 0.903. The summed E-state index contributed by atoms with van der Waals surface area (Å²) in [6.45, 7) is 0. The number of nitrogens with zero attached hydrogens (tertiary/aromatic N) is 2. The SMILES string of the molecule is CNc1ncnc(Nc2ccc(Br)cc2F)c1OC. The Morgan fingerprint density at radius 1 is 1.26 bits per heavy atom.